The van der Waals surface area contributed by atoms with Crippen molar-refractivity contribution in [3.8, 4) is 0 Å². The summed E-state index contributed by atoms with van der Waals surface area (Å²) >= 11 is 0. The number of nitrogens with zero attached hydrogens (tertiary/aromatic N) is 2. The highest BCUT2D eigenvalue weighted by molar-refractivity contribution is 6.76. The lowest BCUT2D eigenvalue weighted by Gasteiger charge is -2.15. The van der Waals surface area contributed by atoms with Crippen LogP contribution in [0, 0.1) is 0 Å². The van der Waals surface area contributed by atoms with Crippen LogP contribution in [0.2, 0.25) is 25.7 Å². The number of hydrogen-bond donors (Lipinski definition) is 2. The Kier molecular flexibility index (Phi) is 5.30. The molecule has 0 aliphatic carbocycles. The van der Waals surface area contributed by atoms with Crippen LogP contribution in [-0.2, 0) is 11.5 Å². The van der Waals surface area contributed by atoms with Gasteiger partial charge in [-0.3, -0.25) is 0 Å². The Bertz CT molecular complexity index is 1150. The average Bonchev–Trinajstić information content (AvgIpc) is 3.09. The summed E-state index contributed by atoms with van der Waals surface area (Å²) < 4.78 is 7.79. The smallest absolute Gasteiger partial charge is 0.139 e. The van der Waals surface area contributed by atoms with Crippen LogP contribution in [0.1, 0.15) is 0 Å². The first kappa shape index (κ1) is 19.5. The molecule has 0 radical (unpaired) electrons. The molecule has 3 aromatic carbocycles. The van der Waals surface area contributed by atoms with Crippen LogP contribution in [0.15, 0.2) is 60.8 Å². The zero-order chi connectivity index (χ0) is 20.4. The first-order valence-corrected chi connectivity index (χ1v) is 13.7. The quantitative estimate of drug-likeness (QED) is 0.231. The Morgan fingerprint density at radius 3 is 2.66 bits per heavy atom. The third-order valence-corrected chi connectivity index (χ3v) is 6.81. The fourth-order valence-corrected chi connectivity index (χ4v) is 4.10. The first-order valence-electron chi connectivity index (χ1n) is 9.98. The number of nitrogens with two attached hydrogens (primary N) is 1. The van der Waals surface area contributed by atoms with Gasteiger partial charge in [-0.2, -0.15) is 5.10 Å². The van der Waals surface area contributed by atoms with E-state index in [4.69, 9.17) is 10.5 Å². The van der Waals surface area contributed by atoms with E-state index in [-0.39, 0.29) is 0 Å². The second-order valence-electron chi connectivity index (χ2n) is 8.64. The van der Waals surface area contributed by atoms with E-state index in [2.05, 4.69) is 60.4 Å². The van der Waals surface area contributed by atoms with Crippen molar-refractivity contribution in [1.82, 2.24) is 9.78 Å². The second-order valence-corrected chi connectivity index (χ2v) is 14.3. The van der Waals surface area contributed by atoms with Gasteiger partial charge in [-0.1, -0.05) is 50.0 Å². The normalized spacial score (nSPS) is 12.0. The zero-order valence-electron chi connectivity index (χ0n) is 17.3. The van der Waals surface area contributed by atoms with E-state index in [0.29, 0.717) is 6.73 Å². The van der Waals surface area contributed by atoms with Gasteiger partial charge in [-0.15, -0.1) is 0 Å². The molecule has 0 aliphatic rings. The average molecular weight is 405 g/mol. The van der Waals surface area contributed by atoms with Gasteiger partial charge in [0.05, 0.1) is 23.1 Å². The number of hydrogen-bond acceptors (Lipinski definition) is 4. The summed E-state index contributed by atoms with van der Waals surface area (Å²) in [5.74, 6) is 0. The number of ether oxygens (including phenoxy) is 1. The lowest BCUT2D eigenvalue weighted by molar-refractivity contribution is 0.0817. The van der Waals surface area contributed by atoms with Gasteiger partial charge in [-0.05, 0) is 35.7 Å². The predicted octanol–water partition coefficient (Wildman–Crippen LogP) is 5.83. The number of fused-ring (bicyclic) bond motifs is 2. The zero-order valence-corrected chi connectivity index (χ0v) is 18.3. The topological polar surface area (TPSA) is 65.1 Å². The van der Waals surface area contributed by atoms with Crippen LogP contribution in [0.5, 0.6) is 0 Å². The molecule has 4 aromatic rings. The van der Waals surface area contributed by atoms with E-state index < -0.39 is 8.07 Å². The number of nitrogen functional groups attached to an aromatic ring is 1. The molecular formula is C23H28N4OSi. The second kappa shape index (κ2) is 7.89. The number of aromatic nitrogens is 2. The third kappa shape index (κ3) is 4.44. The van der Waals surface area contributed by atoms with E-state index in [1.807, 2.05) is 35.1 Å². The maximum atomic E-state index is 6.41. The molecule has 0 saturated heterocycles. The molecule has 1 heterocycles. The first-order chi connectivity index (χ1) is 13.9. The monoisotopic (exact) mass is 404 g/mol. The van der Waals surface area contributed by atoms with Crippen LogP contribution in [0.4, 0.5) is 17.1 Å². The van der Waals surface area contributed by atoms with Crippen molar-refractivity contribution in [2.24, 2.45) is 0 Å². The molecule has 4 rings (SSSR count). The van der Waals surface area contributed by atoms with Gasteiger partial charge in [0.2, 0.25) is 0 Å². The molecule has 0 spiro atoms. The van der Waals surface area contributed by atoms with Crippen molar-refractivity contribution < 1.29 is 4.74 Å². The largest absolute Gasteiger partial charge is 0.397 e. The minimum atomic E-state index is -1.09. The number of benzene rings is 3. The van der Waals surface area contributed by atoms with E-state index >= 15 is 0 Å². The van der Waals surface area contributed by atoms with Crippen molar-refractivity contribution in [1.29, 1.82) is 0 Å². The Labute approximate surface area is 172 Å². The van der Waals surface area contributed by atoms with E-state index in [1.165, 1.54) is 0 Å². The summed E-state index contributed by atoms with van der Waals surface area (Å²) in [6.07, 6.45) is 1.88. The van der Waals surface area contributed by atoms with Gasteiger partial charge in [0.25, 0.3) is 0 Å². The van der Waals surface area contributed by atoms with Crippen molar-refractivity contribution >= 4 is 46.8 Å². The number of rotatable bonds is 7. The Morgan fingerprint density at radius 2 is 1.83 bits per heavy atom. The molecule has 5 nitrogen and oxygen atoms in total. The molecule has 0 atom stereocenters. The SMILES string of the molecule is C[Si](C)(C)CCOCn1ncc2ccc(Nc3ccc4ccccc4c3N)cc21. The van der Waals surface area contributed by atoms with Gasteiger partial charge in [0, 0.05) is 31.1 Å². The van der Waals surface area contributed by atoms with Crippen molar-refractivity contribution in [2.75, 3.05) is 17.7 Å². The maximum absolute atomic E-state index is 6.41. The fourth-order valence-electron chi connectivity index (χ4n) is 3.34. The molecule has 6 heteroatoms. The highest BCUT2D eigenvalue weighted by atomic mass is 28.3. The van der Waals surface area contributed by atoms with E-state index in [1.54, 1.807) is 0 Å². The highest BCUT2D eigenvalue weighted by Gasteiger charge is 2.12. The number of nitrogens with one attached hydrogen (secondary N) is 1. The summed E-state index contributed by atoms with van der Waals surface area (Å²) in [6, 6.07) is 19.6. The van der Waals surface area contributed by atoms with Crippen LogP contribution in [-0.4, -0.2) is 24.5 Å². The van der Waals surface area contributed by atoms with Crippen molar-refractivity contribution in [3.63, 3.8) is 0 Å². The Morgan fingerprint density at radius 1 is 1.03 bits per heavy atom. The van der Waals surface area contributed by atoms with Crippen LogP contribution in [0.3, 0.4) is 0 Å². The van der Waals surface area contributed by atoms with Gasteiger partial charge < -0.3 is 15.8 Å². The Hall–Kier alpha value is -2.83. The molecule has 0 saturated carbocycles. The molecule has 1 aromatic heterocycles. The van der Waals surface area contributed by atoms with Crippen molar-refractivity contribution in [2.45, 2.75) is 32.4 Å². The van der Waals surface area contributed by atoms with Crippen LogP contribution in [0.25, 0.3) is 21.7 Å². The lowest BCUT2D eigenvalue weighted by atomic mass is 10.1. The maximum Gasteiger partial charge on any atom is 0.139 e. The molecule has 0 fully saturated rings. The molecule has 29 heavy (non-hydrogen) atoms. The van der Waals surface area contributed by atoms with Crippen LogP contribution >= 0.6 is 0 Å². The summed E-state index contributed by atoms with van der Waals surface area (Å²) in [5, 5.41) is 11.2. The van der Waals surface area contributed by atoms with E-state index in [9.17, 15) is 0 Å². The molecule has 0 bridgehead atoms. The molecule has 0 amide bonds. The molecular weight excluding hydrogens is 376 g/mol. The van der Waals surface area contributed by atoms with Gasteiger partial charge >= 0.3 is 0 Å². The summed E-state index contributed by atoms with van der Waals surface area (Å²) in [6.45, 7) is 8.32. The fraction of sp³-hybridized carbons (Fsp3) is 0.261. The number of anilines is 3. The van der Waals surface area contributed by atoms with Crippen molar-refractivity contribution in [3.05, 3.63) is 60.8 Å². The van der Waals surface area contributed by atoms with Gasteiger partial charge in [0.1, 0.15) is 6.73 Å². The van der Waals surface area contributed by atoms with Crippen LogP contribution < -0.4 is 11.1 Å². The highest BCUT2D eigenvalue weighted by Crippen LogP contribution is 2.31. The lowest BCUT2D eigenvalue weighted by Crippen LogP contribution is -2.22. The molecule has 150 valence electrons. The minimum absolute atomic E-state index is 0.468. The summed E-state index contributed by atoms with van der Waals surface area (Å²) in [5.41, 5.74) is 10.1. The summed E-state index contributed by atoms with van der Waals surface area (Å²) in [4.78, 5) is 0. The predicted molar refractivity (Wildman–Crippen MR) is 125 cm³/mol. The van der Waals surface area contributed by atoms with Gasteiger partial charge in [0.15, 0.2) is 0 Å². The third-order valence-electron chi connectivity index (χ3n) is 5.10. The molecule has 0 unspecified atom stereocenters. The molecule has 0 aliphatic heterocycles. The van der Waals surface area contributed by atoms with Gasteiger partial charge in [-0.25, -0.2) is 4.68 Å². The minimum Gasteiger partial charge on any atom is -0.397 e. The van der Waals surface area contributed by atoms with E-state index in [0.717, 1.165) is 51.4 Å². The Balaban J connectivity index is 1.54. The standard InChI is InChI=1S/C23H28N4OSi/c1-29(2,3)13-12-28-16-27-22-14-19(10-8-18(22)15-25-27)26-21-11-9-17-6-4-5-7-20(17)23(21)24/h4-11,14-15,26H,12-13,16,24H2,1-3H3. The summed E-state index contributed by atoms with van der Waals surface area (Å²) in [7, 11) is -1.09. The molecule has 3 N–H and O–H groups in total.